The molecule has 0 aliphatic rings. The minimum Gasteiger partial charge on any atom is -0.458 e. The molecule has 0 unspecified atom stereocenters. The lowest BCUT2D eigenvalue weighted by Gasteiger charge is -2.17. The van der Waals surface area contributed by atoms with E-state index in [9.17, 15) is 0 Å². The number of benzene rings is 9. The zero-order valence-corrected chi connectivity index (χ0v) is 37.0. The third-order valence-corrected chi connectivity index (χ3v) is 12.4. The zero-order chi connectivity index (χ0) is 54.3. The van der Waals surface area contributed by atoms with Gasteiger partial charge in [-0.1, -0.05) is 190 Å². The summed E-state index contributed by atoms with van der Waals surface area (Å²) in [7, 11) is 0. The van der Waals surface area contributed by atoms with E-state index in [0.717, 1.165) is 49.9 Å². The van der Waals surface area contributed by atoms with E-state index in [1.165, 1.54) is 5.56 Å². The fourth-order valence-corrected chi connectivity index (χ4v) is 9.24. The molecule has 3 heterocycles. The summed E-state index contributed by atoms with van der Waals surface area (Å²) in [5.41, 5.74) is 9.49. The van der Waals surface area contributed by atoms with Crippen molar-refractivity contribution in [3.05, 3.63) is 248 Å². The van der Waals surface area contributed by atoms with Gasteiger partial charge in [0.1, 0.15) is 17.3 Å². The minimum absolute atomic E-state index is 0.133. The first-order valence-electron chi connectivity index (χ1n) is 27.4. The van der Waals surface area contributed by atoms with Crippen LogP contribution in [0.25, 0.3) is 94.5 Å². The van der Waals surface area contributed by atoms with Crippen molar-refractivity contribution < 1.29 is 23.0 Å². The molecule has 5 nitrogen and oxygen atoms in total. The molecule has 9 aromatic carbocycles. The summed E-state index contributed by atoms with van der Waals surface area (Å²) in [5.74, 6) is 2.06. The lowest BCUT2D eigenvalue weighted by Crippen LogP contribution is -2.31. The van der Waals surface area contributed by atoms with Crippen molar-refractivity contribution >= 4 is 32.8 Å². The summed E-state index contributed by atoms with van der Waals surface area (Å²) in [6.45, 7) is 4.39. The highest BCUT2D eigenvalue weighted by atomic mass is 16.5. The van der Waals surface area contributed by atoms with Crippen LogP contribution < -0.4 is 9.30 Å². The van der Waals surface area contributed by atoms with E-state index in [1.807, 2.05) is 103 Å². The molecule has 12 rings (SSSR count). The van der Waals surface area contributed by atoms with Crippen LogP contribution in [0.15, 0.2) is 236 Å². The normalized spacial score (nSPS) is 13.6. The van der Waals surface area contributed by atoms with Gasteiger partial charge in [-0.3, -0.25) is 13.7 Å². The van der Waals surface area contributed by atoms with Crippen molar-refractivity contribution in [2.45, 2.75) is 19.8 Å². The number of fused-ring (bicyclic) bond motifs is 4. The van der Waals surface area contributed by atoms with E-state index in [4.69, 9.17) is 23.4 Å². The van der Waals surface area contributed by atoms with Gasteiger partial charge in [-0.25, -0.2) is 4.98 Å². The van der Waals surface area contributed by atoms with Crippen molar-refractivity contribution in [3.63, 3.8) is 0 Å². The molecule has 0 fully saturated rings. The summed E-state index contributed by atoms with van der Waals surface area (Å²) < 4.78 is 99.9. The van der Waals surface area contributed by atoms with Crippen LogP contribution >= 0.6 is 0 Å². The Bertz CT molecular complexity index is 4260. The van der Waals surface area contributed by atoms with E-state index in [2.05, 4.69) is 79.3 Å². The number of para-hydroxylation sites is 3. The summed E-state index contributed by atoms with van der Waals surface area (Å²) in [6.07, 6.45) is 5.43. The Morgan fingerprint density at radius 2 is 1.18 bits per heavy atom. The van der Waals surface area contributed by atoms with Crippen LogP contribution in [-0.2, 0) is 0 Å². The van der Waals surface area contributed by atoms with Gasteiger partial charge in [-0.2, -0.15) is 0 Å². The number of aromatic nitrogens is 4. The van der Waals surface area contributed by atoms with Crippen LogP contribution in [0.4, 0.5) is 0 Å². The summed E-state index contributed by atoms with van der Waals surface area (Å²) in [6, 6.07) is 49.9. The molecular weight excluding hydrogens is 829 g/mol. The van der Waals surface area contributed by atoms with Crippen LogP contribution in [0.2, 0.25) is 0 Å². The molecule has 0 atom stereocenters. The van der Waals surface area contributed by atoms with Gasteiger partial charge in [0.25, 0.3) is 6.33 Å². The largest absolute Gasteiger partial charge is 0.458 e. The minimum atomic E-state index is -0.569. The van der Waals surface area contributed by atoms with Gasteiger partial charge in [0.2, 0.25) is 0 Å². The molecule has 3 aromatic heterocycles. The van der Waals surface area contributed by atoms with Crippen molar-refractivity contribution in [2.24, 2.45) is 0 Å². The Labute approximate surface area is 410 Å². The summed E-state index contributed by atoms with van der Waals surface area (Å²) >= 11 is 0. The van der Waals surface area contributed by atoms with E-state index < -0.39 is 60.4 Å². The Kier molecular flexibility index (Phi) is 7.89. The van der Waals surface area contributed by atoms with Gasteiger partial charge in [0.15, 0.2) is 0 Å². The highest BCUT2D eigenvalue weighted by Crippen LogP contribution is 2.40. The summed E-state index contributed by atoms with van der Waals surface area (Å²) in [5, 5.41) is 2.08. The van der Waals surface area contributed by atoms with Crippen molar-refractivity contribution in [2.75, 3.05) is 0 Å². The number of rotatable bonds is 10. The van der Waals surface area contributed by atoms with Crippen molar-refractivity contribution in [1.29, 1.82) is 0 Å². The molecule has 0 radical (unpaired) electrons. The number of hydrogen-bond donors (Lipinski definition) is 0. The average molecular weight is 885 g/mol. The highest BCUT2D eigenvalue weighted by Gasteiger charge is 2.21. The Hall–Kier alpha value is -8.80. The first-order valence-corrected chi connectivity index (χ1v) is 22.4. The molecule has 0 aliphatic heterocycles. The van der Waals surface area contributed by atoms with Gasteiger partial charge >= 0.3 is 0 Å². The third kappa shape index (κ3) is 7.31. The number of imidazole rings is 1. The fraction of sp³-hybridized carbons (Fsp3) is 0.0476. The van der Waals surface area contributed by atoms with Crippen LogP contribution in [0.1, 0.15) is 39.0 Å². The molecule has 0 saturated carbocycles. The van der Waals surface area contributed by atoms with E-state index in [0.29, 0.717) is 28.2 Å². The van der Waals surface area contributed by atoms with E-state index >= 15 is 0 Å². The fourth-order valence-electron chi connectivity index (χ4n) is 9.24. The molecule has 5 heteroatoms. The van der Waals surface area contributed by atoms with Gasteiger partial charge in [0.05, 0.1) is 47.1 Å². The molecule has 0 saturated heterocycles. The first kappa shape index (κ1) is 31.2. The van der Waals surface area contributed by atoms with Crippen molar-refractivity contribution in [3.8, 4) is 73.2 Å². The van der Waals surface area contributed by atoms with Gasteiger partial charge in [0, 0.05) is 28.6 Å². The maximum Gasteiger partial charge on any atom is 0.269 e. The number of hydrogen-bond acceptors (Lipinski definition) is 2. The second-order valence-corrected chi connectivity index (χ2v) is 16.8. The second kappa shape index (κ2) is 17.2. The standard InChI is InChI=1S/C63H46N4O/c1-43(2)55-40-62(64-41-57(55)47-25-13-6-14-26-47)67-58-36-33-48(44-19-7-3-8-20-44)37-56(58)54-35-34-51(39-61(54)67)68-50-28-17-27-49(38-50)65-42-66(60-32-16-15-31-59(60)65)63-52(45-21-9-4-10-22-45)29-18-30-53(63)46-23-11-5-12-24-46/h3-41,43H,1-2H3/i4D,5D,9D,10D,11D,12D,21D,22D,23D,24D. The van der Waals surface area contributed by atoms with Crippen LogP contribution in [0, 0.1) is 6.33 Å². The smallest absolute Gasteiger partial charge is 0.269 e. The predicted molar refractivity (Wildman–Crippen MR) is 278 cm³/mol. The van der Waals surface area contributed by atoms with E-state index in [-0.39, 0.29) is 33.9 Å². The Morgan fingerprint density at radius 1 is 0.515 bits per heavy atom. The lowest BCUT2D eigenvalue weighted by atomic mass is 9.94. The second-order valence-electron chi connectivity index (χ2n) is 16.8. The zero-order valence-electron chi connectivity index (χ0n) is 47.0. The maximum absolute atomic E-state index is 9.06. The van der Waals surface area contributed by atoms with Crippen LogP contribution in [-0.4, -0.2) is 14.1 Å². The molecule has 0 spiro atoms. The summed E-state index contributed by atoms with van der Waals surface area (Å²) in [4.78, 5) is 5.14. The highest BCUT2D eigenvalue weighted by molar-refractivity contribution is 6.10. The molecule has 0 N–H and O–H groups in total. The topological polar surface area (TPSA) is 35.9 Å². The van der Waals surface area contributed by atoms with Gasteiger partial charge in [-0.15, -0.1) is 0 Å². The average Bonchev–Trinajstić information content (AvgIpc) is 4.23. The van der Waals surface area contributed by atoms with E-state index in [1.54, 1.807) is 27.3 Å². The third-order valence-electron chi connectivity index (χ3n) is 12.4. The lowest BCUT2D eigenvalue weighted by molar-refractivity contribution is -0.571. The Balaban J connectivity index is 1.01. The molecule has 12 aromatic rings. The quantitative estimate of drug-likeness (QED) is 0.101. The maximum atomic E-state index is 9.06. The molecule has 0 amide bonds. The predicted octanol–water partition coefficient (Wildman–Crippen LogP) is 15.8. The number of pyridine rings is 1. The molecular formula is C63H46N4O. The Morgan fingerprint density at radius 3 is 1.90 bits per heavy atom. The van der Waals surface area contributed by atoms with Gasteiger partial charge in [-0.05, 0) is 99.0 Å². The number of ether oxygens (including phenoxy) is 1. The van der Waals surface area contributed by atoms with Gasteiger partial charge < -0.3 is 4.74 Å². The van der Waals surface area contributed by atoms with Crippen LogP contribution in [0.5, 0.6) is 11.5 Å². The van der Waals surface area contributed by atoms with Crippen molar-refractivity contribution in [1.82, 2.24) is 14.1 Å². The molecule has 68 heavy (non-hydrogen) atoms. The molecule has 324 valence electrons. The molecule has 0 aliphatic carbocycles. The first-order chi connectivity index (χ1) is 37.7. The molecule has 0 bridgehead atoms. The number of nitrogens with zero attached hydrogens (tertiary/aromatic N) is 4. The van der Waals surface area contributed by atoms with Crippen LogP contribution in [0.3, 0.4) is 0 Å². The monoisotopic (exact) mass is 884 g/mol. The SMILES string of the molecule is [2H]c1c([2H])c([2H])c(-c2cccc(-c3c([2H])c([2H])c([2H])c([2H])c3[2H])c2-[n+]2[c-]n(-c3cccc(Oc4ccc5c6cc(-c7ccccc7)ccc6n(-c6cc(C(C)C)c(-c7ccccc7)cn6)c5c4)c3)c3ccccc32)c([2H])c1[2H].